The van der Waals surface area contributed by atoms with Gasteiger partial charge >= 0.3 is 0 Å². The minimum atomic E-state index is 0.684. The minimum absolute atomic E-state index is 0.684. The highest BCUT2D eigenvalue weighted by Crippen LogP contribution is 2.27. The fraction of sp³-hybridized carbons (Fsp3) is 1.00. The van der Waals surface area contributed by atoms with Crippen molar-refractivity contribution in [2.45, 2.75) is 71.4 Å². The molecule has 0 spiro atoms. The number of likely N-dealkylation sites (N-methyl/N-ethyl adjacent to an activating group) is 2. The van der Waals surface area contributed by atoms with Crippen LogP contribution < -0.4 is 5.32 Å². The van der Waals surface area contributed by atoms with Crippen molar-refractivity contribution in [3.8, 4) is 0 Å². The summed E-state index contributed by atoms with van der Waals surface area (Å²) in [6.45, 7) is 9.25. The van der Waals surface area contributed by atoms with Gasteiger partial charge in [0.25, 0.3) is 0 Å². The van der Waals surface area contributed by atoms with Crippen molar-refractivity contribution in [2.75, 3.05) is 20.1 Å². The van der Waals surface area contributed by atoms with Gasteiger partial charge in [-0.15, -0.1) is 0 Å². The largest absolute Gasteiger partial charge is 0.313 e. The smallest absolute Gasteiger partial charge is 0.0194 e. The van der Waals surface area contributed by atoms with Crippen LogP contribution in [0.15, 0.2) is 0 Å². The van der Waals surface area contributed by atoms with Crippen LogP contribution in [-0.4, -0.2) is 37.1 Å². The van der Waals surface area contributed by atoms with Gasteiger partial charge in [0, 0.05) is 18.6 Å². The molecule has 0 radical (unpaired) electrons. The molecule has 0 aromatic heterocycles. The fourth-order valence-corrected chi connectivity index (χ4v) is 3.33. The fourth-order valence-electron chi connectivity index (χ4n) is 3.33. The summed E-state index contributed by atoms with van der Waals surface area (Å²) >= 11 is 0. The molecule has 17 heavy (non-hydrogen) atoms. The maximum atomic E-state index is 3.63. The van der Waals surface area contributed by atoms with Crippen molar-refractivity contribution in [3.05, 3.63) is 0 Å². The summed E-state index contributed by atoms with van der Waals surface area (Å²) in [5, 5.41) is 3.63. The van der Waals surface area contributed by atoms with Gasteiger partial charge in [0.15, 0.2) is 0 Å². The summed E-state index contributed by atoms with van der Waals surface area (Å²) in [7, 11) is 2.33. The monoisotopic (exact) mass is 240 g/mol. The maximum absolute atomic E-state index is 3.63. The molecule has 2 heteroatoms. The third-order valence-electron chi connectivity index (χ3n) is 4.27. The van der Waals surface area contributed by atoms with Gasteiger partial charge in [0.2, 0.25) is 0 Å². The van der Waals surface area contributed by atoms with Crippen molar-refractivity contribution >= 4 is 0 Å². The van der Waals surface area contributed by atoms with Crippen LogP contribution in [-0.2, 0) is 0 Å². The van der Waals surface area contributed by atoms with Crippen molar-refractivity contribution in [2.24, 2.45) is 5.92 Å². The van der Waals surface area contributed by atoms with Crippen LogP contribution in [0, 0.1) is 5.92 Å². The van der Waals surface area contributed by atoms with Gasteiger partial charge in [-0.05, 0) is 38.8 Å². The Hall–Kier alpha value is -0.0800. The zero-order valence-electron chi connectivity index (χ0n) is 12.3. The Kier molecular flexibility index (Phi) is 7.14. The summed E-state index contributed by atoms with van der Waals surface area (Å²) < 4.78 is 0. The Labute approximate surface area is 108 Å². The Balaban J connectivity index is 2.41. The van der Waals surface area contributed by atoms with E-state index in [1.54, 1.807) is 0 Å². The van der Waals surface area contributed by atoms with Crippen LogP contribution in [0.4, 0.5) is 0 Å². The van der Waals surface area contributed by atoms with Gasteiger partial charge in [-0.25, -0.2) is 0 Å². The lowest BCUT2D eigenvalue weighted by molar-refractivity contribution is 0.126. The second-order valence-corrected chi connectivity index (χ2v) is 5.81. The number of rotatable bonds is 7. The van der Waals surface area contributed by atoms with E-state index in [2.05, 4.69) is 38.0 Å². The maximum Gasteiger partial charge on any atom is 0.0194 e. The SMILES string of the molecule is CCCC(CN(C)C1CCCCC1C)NCC. The second-order valence-electron chi connectivity index (χ2n) is 5.81. The van der Waals surface area contributed by atoms with Gasteiger partial charge < -0.3 is 10.2 Å². The molecule has 1 saturated carbocycles. The molecule has 1 rings (SSSR count). The van der Waals surface area contributed by atoms with E-state index in [9.17, 15) is 0 Å². The number of nitrogens with one attached hydrogen (secondary N) is 1. The molecular formula is C15H32N2. The molecule has 3 unspecified atom stereocenters. The van der Waals surface area contributed by atoms with E-state index in [1.165, 1.54) is 45.1 Å². The van der Waals surface area contributed by atoms with Gasteiger partial charge in [0.1, 0.15) is 0 Å². The highest BCUT2D eigenvalue weighted by atomic mass is 15.2. The predicted octanol–water partition coefficient (Wildman–Crippen LogP) is 3.28. The van der Waals surface area contributed by atoms with E-state index < -0.39 is 0 Å². The van der Waals surface area contributed by atoms with Crippen LogP contribution in [0.25, 0.3) is 0 Å². The Morgan fingerprint density at radius 2 is 1.94 bits per heavy atom. The first-order chi connectivity index (χ1) is 8.19. The molecule has 1 fully saturated rings. The Bertz CT molecular complexity index is 187. The first-order valence-corrected chi connectivity index (χ1v) is 7.62. The summed E-state index contributed by atoms with van der Waals surface area (Å²) in [6.07, 6.45) is 8.29. The normalized spacial score (nSPS) is 27.4. The predicted molar refractivity (Wildman–Crippen MR) is 76.4 cm³/mol. The van der Waals surface area contributed by atoms with E-state index >= 15 is 0 Å². The van der Waals surface area contributed by atoms with Crippen molar-refractivity contribution in [3.63, 3.8) is 0 Å². The van der Waals surface area contributed by atoms with E-state index in [0.717, 1.165) is 18.5 Å². The molecule has 0 bridgehead atoms. The average Bonchev–Trinajstić information content (AvgIpc) is 2.30. The molecule has 0 heterocycles. The molecule has 2 nitrogen and oxygen atoms in total. The van der Waals surface area contributed by atoms with Crippen molar-refractivity contribution < 1.29 is 0 Å². The van der Waals surface area contributed by atoms with Gasteiger partial charge in [-0.2, -0.15) is 0 Å². The molecule has 102 valence electrons. The molecule has 0 aromatic carbocycles. The van der Waals surface area contributed by atoms with E-state index in [-0.39, 0.29) is 0 Å². The zero-order chi connectivity index (χ0) is 12.7. The van der Waals surface area contributed by atoms with Crippen molar-refractivity contribution in [1.82, 2.24) is 10.2 Å². The summed E-state index contributed by atoms with van der Waals surface area (Å²) in [5.74, 6) is 0.887. The summed E-state index contributed by atoms with van der Waals surface area (Å²) in [6, 6.07) is 1.51. The Morgan fingerprint density at radius 3 is 2.53 bits per heavy atom. The van der Waals surface area contributed by atoms with Crippen LogP contribution in [0.3, 0.4) is 0 Å². The molecule has 1 N–H and O–H groups in total. The lowest BCUT2D eigenvalue weighted by Crippen LogP contribution is -2.46. The van der Waals surface area contributed by atoms with Crippen LogP contribution in [0.1, 0.15) is 59.3 Å². The molecule has 0 amide bonds. The highest BCUT2D eigenvalue weighted by molar-refractivity contribution is 4.82. The first kappa shape index (κ1) is 15.0. The third kappa shape index (κ3) is 4.97. The van der Waals surface area contributed by atoms with Gasteiger partial charge in [0.05, 0.1) is 0 Å². The lowest BCUT2D eigenvalue weighted by Gasteiger charge is -2.38. The molecular weight excluding hydrogens is 208 g/mol. The Morgan fingerprint density at radius 1 is 1.24 bits per heavy atom. The third-order valence-corrected chi connectivity index (χ3v) is 4.27. The van der Waals surface area contributed by atoms with Gasteiger partial charge in [-0.3, -0.25) is 0 Å². The minimum Gasteiger partial charge on any atom is -0.313 e. The van der Waals surface area contributed by atoms with Crippen LogP contribution in [0.5, 0.6) is 0 Å². The molecule has 1 aliphatic carbocycles. The van der Waals surface area contributed by atoms with Crippen LogP contribution in [0.2, 0.25) is 0 Å². The van der Waals surface area contributed by atoms with E-state index in [0.29, 0.717) is 6.04 Å². The topological polar surface area (TPSA) is 15.3 Å². The number of hydrogen-bond acceptors (Lipinski definition) is 2. The highest BCUT2D eigenvalue weighted by Gasteiger charge is 2.25. The zero-order valence-corrected chi connectivity index (χ0v) is 12.3. The summed E-state index contributed by atoms with van der Waals surface area (Å²) in [4.78, 5) is 2.62. The van der Waals surface area contributed by atoms with E-state index in [1.807, 2.05) is 0 Å². The molecule has 0 aliphatic heterocycles. The molecule has 1 aliphatic rings. The van der Waals surface area contributed by atoms with Crippen molar-refractivity contribution in [1.29, 1.82) is 0 Å². The van der Waals surface area contributed by atoms with E-state index in [4.69, 9.17) is 0 Å². The second kappa shape index (κ2) is 8.10. The average molecular weight is 240 g/mol. The number of nitrogens with zero attached hydrogens (tertiary/aromatic N) is 1. The quantitative estimate of drug-likeness (QED) is 0.735. The molecule has 0 saturated heterocycles. The van der Waals surface area contributed by atoms with Crippen LogP contribution >= 0.6 is 0 Å². The molecule has 0 aromatic rings. The number of hydrogen-bond donors (Lipinski definition) is 1. The first-order valence-electron chi connectivity index (χ1n) is 7.62. The molecule has 3 atom stereocenters. The summed E-state index contributed by atoms with van der Waals surface area (Å²) in [5.41, 5.74) is 0. The lowest BCUT2D eigenvalue weighted by atomic mass is 9.85. The standard InChI is InChI=1S/C15H32N2/c1-5-9-14(16-6-2)12-17(4)15-11-8-7-10-13(15)3/h13-16H,5-12H2,1-4H3. The van der Waals surface area contributed by atoms with Gasteiger partial charge in [-0.1, -0.05) is 40.0 Å².